The maximum absolute atomic E-state index is 12.8. The molecule has 1 unspecified atom stereocenters. The number of rotatable bonds is 1. The topological polar surface area (TPSA) is 83.8 Å². The van der Waals surface area contributed by atoms with Gasteiger partial charge in [0.1, 0.15) is 16.8 Å². The Morgan fingerprint density at radius 3 is 2.53 bits per heavy atom. The number of hydrogen-bond acceptors (Lipinski definition) is 5. The number of aliphatic hydroxyl groups excluding tert-OH is 1. The van der Waals surface area contributed by atoms with E-state index in [9.17, 15) is 19.8 Å². The van der Waals surface area contributed by atoms with Crippen molar-refractivity contribution in [2.45, 2.75) is 51.2 Å². The molecule has 1 spiro atoms. The van der Waals surface area contributed by atoms with Crippen LogP contribution in [0.1, 0.15) is 40.0 Å². The first-order chi connectivity index (χ1) is 8.68. The van der Waals surface area contributed by atoms with Gasteiger partial charge in [-0.3, -0.25) is 9.59 Å². The summed E-state index contributed by atoms with van der Waals surface area (Å²) in [6.07, 6.45) is 0.770. The minimum absolute atomic E-state index is 0.0707. The fourth-order valence-corrected chi connectivity index (χ4v) is 4.87. The molecule has 5 nitrogen and oxygen atoms in total. The van der Waals surface area contributed by atoms with Gasteiger partial charge in [0, 0.05) is 11.3 Å². The van der Waals surface area contributed by atoms with Crippen molar-refractivity contribution >= 4 is 11.8 Å². The fourth-order valence-electron chi connectivity index (χ4n) is 4.87. The number of carbonyl (C=O) groups excluding carboxylic acids is 2. The summed E-state index contributed by atoms with van der Waals surface area (Å²) in [7, 11) is 0. The number of carbonyl (C=O) groups is 2. The van der Waals surface area contributed by atoms with Crippen LogP contribution in [0.5, 0.6) is 0 Å². The van der Waals surface area contributed by atoms with Crippen LogP contribution in [-0.2, 0) is 14.3 Å². The lowest BCUT2D eigenvalue weighted by atomic mass is 9.63. The molecule has 2 saturated carbocycles. The predicted molar refractivity (Wildman–Crippen MR) is 65.1 cm³/mol. The lowest BCUT2D eigenvalue weighted by Gasteiger charge is -2.44. The molecule has 0 bridgehead atoms. The largest absolute Gasteiger partial charge is 0.458 e. The highest BCUT2D eigenvalue weighted by Gasteiger charge is 2.84. The Bertz CT molecular complexity index is 488. The van der Waals surface area contributed by atoms with E-state index in [0.29, 0.717) is 12.8 Å². The molecular formula is C14H20O5. The van der Waals surface area contributed by atoms with Crippen LogP contribution in [0.15, 0.2) is 0 Å². The van der Waals surface area contributed by atoms with E-state index in [2.05, 4.69) is 0 Å². The second-order valence-corrected chi connectivity index (χ2v) is 6.81. The molecule has 0 aromatic heterocycles. The number of esters is 1. The summed E-state index contributed by atoms with van der Waals surface area (Å²) >= 11 is 0. The van der Waals surface area contributed by atoms with Crippen LogP contribution < -0.4 is 0 Å². The molecule has 3 rings (SSSR count). The lowest BCUT2D eigenvalue weighted by molar-refractivity contribution is -0.162. The molecule has 2 aliphatic carbocycles. The van der Waals surface area contributed by atoms with Crippen LogP contribution in [0.3, 0.4) is 0 Å². The van der Waals surface area contributed by atoms with E-state index in [4.69, 9.17) is 4.74 Å². The lowest BCUT2D eigenvalue weighted by Crippen LogP contribution is -2.57. The molecular weight excluding hydrogens is 248 g/mol. The number of ketones is 1. The molecule has 3 fully saturated rings. The van der Waals surface area contributed by atoms with Crippen LogP contribution in [-0.4, -0.2) is 39.8 Å². The zero-order chi connectivity index (χ0) is 14.3. The number of Topliss-reactive ketones (excluding diaryl/α,β-unsaturated/α-hetero) is 1. The van der Waals surface area contributed by atoms with Crippen LogP contribution in [0.2, 0.25) is 0 Å². The Morgan fingerprint density at radius 1 is 1.32 bits per heavy atom. The van der Waals surface area contributed by atoms with Crippen molar-refractivity contribution in [1.82, 2.24) is 0 Å². The summed E-state index contributed by atoms with van der Waals surface area (Å²) in [5.41, 5.74) is -4.41. The van der Waals surface area contributed by atoms with Gasteiger partial charge in [0.05, 0.1) is 18.6 Å². The van der Waals surface area contributed by atoms with Gasteiger partial charge in [-0.1, -0.05) is 13.8 Å². The molecule has 106 valence electrons. The highest BCUT2D eigenvalue weighted by Crippen LogP contribution is 2.72. The van der Waals surface area contributed by atoms with Gasteiger partial charge in [0.25, 0.3) is 0 Å². The molecule has 1 heterocycles. The Labute approximate surface area is 111 Å². The Kier molecular flexibility index (Phi) is 2.20. The standard InChI is InChI=1S/C14H20O5/c1-8-10(17)13-6-9(16)19-12(13,3)4-5-14(13,18)11(8,2)7-15/h8,15,18H,4-7H2,1-3H3/t8-,11+,12-,13?,14-/m0/s1. The first-order valence-electron chi connectivity index (χ1n) is 6.78. The van der Waals surface area contributed by atoms with E-state index in [0.717, 1.165) is 0 Å². The van der Waals surface area contributed by atoms with Crippen molar-refractivity contribution in [3.05, 3.63) is 0 Å². The molecule has 5 atom stereocenters. The van der Waals surface area contributed by atoms with Crippen LogP contribution in [0.25, 0.3) is 0 Å². The summed E-state index contributed by atoms with van der Waals surface area (Å²) in [4.78, 5) is 24.6. The van der Waals surface area contributed by atoms with Gasteiger partial charge >= 0.3 is 5.97 Å². The highest BCUT2D eigenvalue weighted by atomic mass is 16.6. The first-order valence-corrected chi connectivity index (χ1v) is 6.78. The molecule has 0 radical (unpaired) electrons. The predicted octanol–water partition coefficient (Wildman–Crippen LogP) is 0.421. The third-order valence-corrected chi connectivity index (χ3v) is 6.36. The second kappa shape index (κ2) is 3.20. The van der Waals surface area contributed by atoms with Gasteiger partial charge < -0.3 is 14.9 Å². The summed E-state index contributed by atoms with van der Waals surface area (Å²) < 4.78 is 5.40. The summed E-state index contributed by atoms with van der Waals surface area (Å²) in [6.45, 7) is 4.93. The Hall–Kier alpha value is -0.940. The molecule has 0 aromatic rings. The monoisotopic (exact) mass is 268 g/mol. The van der Waals surface area contributed by atoms with Crippen molar-refractivity contribution < 1.29 is 24.5 Å². The van der Waals surface area contributed by atoms with Gasteiger partial charge in [0.2, 0.25) is 0 Å². The van der Waals surface area contributed by atoms with Gasteiger partial charge in [-0.15, -0.1) is 0 Å². The van der Waals surface area contributed by atoms with E-state index >= 15 is 0 Å². The number of hydrogen-bond donors (Lipinski definition) is 2. The highest BCUT2D eigenvalue weighted by molar-refractivity contribution is 5.99. The van der Waals surface area contributed by atoms with Crippen molar-refractivity contribution in [1.29, 1.82) is 0 Å². The quantitative estimate of drug-likeness (QED) is 0.673. The van der Waals surface area contributed by atoms with Gasteiger partial charge in [-0.2, -0.15) is 0 Å². The molecule has 1 saturated heterocycles. The molecule has 5 heteroatoms. The van der Waals surface area contributed by atoms with E-state index in [1.54, 1.807) is 20.8 Å². The average Bonchev–Trinajstić information content (AvgIpc) is 2.80. The van der Waals surface area contributed by atoms with E-state index < -0.39 is 33.9 Å². The number of ether oxygens (including phenoxy) is 1. The molecule has 3 aliphatic rings. The fraction of sp³-hybridized carbons (Fsp3) is 0.857. The van der Waals surface area contributed by atoms with Crippen LogP contribution in [0, 0.1) is 16.7 Å². The first kappa shape index (κ1) is 13.1. The van der Waals surface area contributed by atoms with Crippen molar-refractivity contribution in [2.24, 2.45) is 16.7 Å². The summed E-state index contributed by atoms with van der Waals surface area (Å²) in [5.74, 6) is -1.06. The van der Waals surface area contributed by atoms with Gasteiger partial charge in [-0.05, 0) is 19.8 Å². The van der Waals surface area contributed by atoms with Crippen molar-refractivity contribution in [3.63, 3.8) is 0 Å². The van der Waals surface area contributed by atoms with E-state index in [1.807, 2.05) is 0 Å². The SMILES string of the molecule is C[C@H]1C(=O)C23CC(=O)O[C@@]2(C)CC[C@]3(O)[C@]1(C)CO. The Morgan fingerprint density at radius 2 is 1.95 bits per heavy atom. The van der Waals surface area contributed by atoms with E-state index in [1.165, 1.54) is 0 Å². The molecule has 0 amide bonds. The van der Waals surface area contributed by atoms with Gasteiger partial charge in [0.15, 0.2) is 0 Å². The zero-order valence-electron chi connectivity index (χ0n) is 11.5. The minimum Gasteiger partial charge on any atom is -0.458 e. The normalized spacial score (nSPS) is 56.2. The molecule has 19 heavy (non-hydrogen) atoms. The molecule has 0 aromatic carbocycles. The Balaban J connectivity index is 2.27. The average molecular weight is 268 g/mol. The van der Waals surface area contributed by atoms with E-state index in [-0.39, 0.29) is 18.8 Å². The maximum atomic E-state index is 12.8. The third kappa shape index (κ3) is 1.00. The van der Waals surface area contributed by atoms with Crippen LogP contribution in [0.4, 0.5) is 0 Å². The number of aliphatic hydroxyl groups is 2. The zero-order valence-corrected chi connectivity index (χ0v) is 11.5. The third-order valence-electron chi connectivity index (χ3n) is 6.36. The smallest absolute Gasteiger partial charge is 0.307 e. The van der Waals surface area contributed by atoms with Crippen molar-refractivity contribution in [2.75, 3.05) is 6.61 Å². The second-order valence-electron chi connectivity index (χ2n) is 6.81. The summed E-state index contributed by atoms with van der Waals surface area (Å²) in [5, 5.41) is 21.0. The summed E-state index contributed by atoms with van der Waals surface area (Å²) in [6, 6.07) is 0. The van der Waals surface area contributed by atoms with Gasteiger partial charge in [-0.25, -0.2) is 0 Å². The molecule has 1 aliphatic heterocycles. The van der Waals surface area contributed by atoms with Crippen LogP contribution >= 0.6 is 0 Å². The minimum atomic E-state index is -1.37. The maximum Gasteiger partial charge on any atom is 0.307 e. The molecule has 2 N–H and O–H groups in total. The van der Waals surface area contributed by atoms with Crippen molar-refractivity contribution in [3.8, 4) is 0 Å².